The Balaban J connectivity index is 1.59. The van der Waals surface area contributed by atoms with Gasteiger partial charge in [-0.05, 0) is 75.6 Å². The van der Waals surface area contributed by atoms with Crippen LogP contribution in [0.15, 0.2) is 24.3 Å². The van der Waals surface area contributed by atoms with Crippen LogP contribution in [-0.4, -0.2) is 43.6 Å². The van der Waals surface area contributed by atoms with Gasteiger partial charge in [0.1, 0.15) is 5.75 Å². The molecule has 0 aromatic heterocycles. The van der Waals surface area contributed by atoms with E-state index in [-0.39, 0.29) is 6.10 Å². The predicted molar refractivity (Wildman–Crippen MR) is 96.8 cm³/mol. The van der Waals surface area contributed by atoms with Gasteiger partial charge in [-0.2, -0.15) is 0 Å². The molecule has 0 bridgehead atoms. The molecule has 1 aliphatic carbocycles. The van der Waals surface area contributed by atoms with E-state index < -0.39 is 5.60 Å². The van der Waals surface area contributed by atoms with E-state index in [1.807, 2.05) is 13.8 Å². The third kappa shape index (κ3) is 3.86. The average Bonchev–Trinajstić information content (AvgIpc) is 2.96. The Morgan fingerprint density at radius 2 is 1.75 bits per heavy atom. The molecule has 24 heavy (non-hydrogen) atoms. The van der Waals surface area contributed by atoms with Crippen molar-refractivity contribution >= 4 is 5.69 Å². The van der Waals surface area contributed by atoms with Crippen molar-refractivity contribution in [3.05, 3.63) is 24.3 Å². The monoisotopic (exact) mass is 333 g/mol. The summed E-state index contributed by atoms with van der Waals surface area (Å²) >= 11 is 0. The third-order valence-corrected chi connectivity index (χ3v) is 5.67. The molecule has 0 atom stereocenters. The summed E-state index contributed by atoms with van der Waals surface area (Å²) < 4.78 is 10.9. The number of methoxy groups -OCH3 is 1. The van der Waals surface area contributed by atoms with Crippen molar-refractivity contribution in [1.29, 1.82) is 0 Å². The molecular weight excluding hydrogens is 302 g/mol. The van der Waals surface area contributed by atoms with Crippen molar-refractivity contribution in [2.75, 3.05) is 31.7 Å². The summed E-state index contributed by atoms with van der Waals surface area (Å²) in [5, 5.41) is 10.5. The molecule has 1 spiro atoms. The molecule has 1 saturated heterocycles. The van der Waals surface area contributed by atoms with E-state index in [1.54, 1.807) is 7.11 Å². The van der Waals surface area contributed by atoms with Gasteiger partial charge in [0.15, 0.2) is 0 Å². The van der Waals surface area contributed by atoms with Crippen LogP contribution in [0.2, 0.25) is 0 Å². The van der Waals surface area contributed by atoms with Crippen molar-refractivity contribution in [2.24, 2.45) is 5.41 Å². The van der Waals surface area contributed by atoms with Crippen molar-refractivity contribution < 1.29 is 14.6 Å². The summed E-state index contributed by atoms with van der Waals surface area (Å²) in [6.07, 6.45) is 5.33. The second-order valence-electron chi connectivity index (χ2n) is 7.99. The Bertz CT molecular complexity index is 532. The van der Waals surface area contributed by atoms with Crippen LogP contribution in [-0.2, 0) is 4.74 Å². The number of ether oxygens (including phenoxy) is 2. The van der Waals surface area contributed by atoms with E-state index in [0.717, 1.165) is 44.5 Å². The minimum Gasteiger partial charge on any atom is -0.491 e. The van der Waals surface area contributed by atoms with E-state index in [0.29, 0.717) is 12.0 Å². The van der Waals surface area contributed by atoms with Gasteiger partial charge in [-0.3, -0.25) is 0 Å². The molecule has 3 rings (SSSR count). The molecule has 1 N–H and O–H groups in total. The van der Waals surface area contributed by atoms with Gasteiger partial charge in [0.2, 0.25) is 0 Å². The largest absolute Gasteiger partial charge is 0.491 e. The van der Waals surface area contributed by atoms with Crippen molar-refractivity contribution in [3.8, 4) is 5.75 Å². The molecule has 1 aromatic carbocycles. The highest BCUT2D eigenvalue weighted by Gasteiger charge is 2.45. The highest BCUT2D eigenvalue weighted by atomic mass is 16.5. The zero-order chi connectivity index (χ0) is 17.2. The number of aliphatic hydroxyl groups is 1. The topological polar surface area (TPSA) is 41.9 Å². The number of hydrogen-bond donors (Lipinski definition) is 1. The quantitative estimate of drug-likeness (QED) is 0.893. The molecule has 0 radical (unpaired) electrons. The fourth-order valence-corrected chi connectivity index (χ4v) is 4.23. The first-order valence-electron chi connectivity index (χ1n) is 9.17. The molecular formula is C20H31NO3. The van der Waals surface area contributed by atoms with Crippen molar-refractivity contribution in [2.45, 2.75) is 57.7 Å². The number of nitrogens with zero attached hydrogens (tertiary/aromatic N) is 1. The first kappa shape index (κ1) is 17.6. The van der Waals surface area contributed by atoms with Gasteiger partial charge in [0.25, 0.3) is 0 Å². The first-order chi connectivity index (χ1) is 11.4. The minimum atomic E-state index is -0.608. The fourth-order valence-electron chi connectivity index (χ4n) is 4.23. The van der Waals surface area contributed by atoms with Gasteiger partial charge < -0.3 is 19.5 Å². The number of anilines is 1. The molecule has 1 heterocycles. The van der Waals surface area contributed by atoms with Gasteiger partial charge in [0.05, 0.1) is 18.3 Å². The van der Waals surface area contributed by atoms with E-state index in [1.165, 1.54) is 12.1 Å². The molecule has 134 valence electrons. The average molecular weight is 333 g/mol. The molecule has 1 aliphatic heterocycles. The summed E-state index contributed by atoms with van der Waals surface area (Å²) in [7, 11) is 1.67. The van der Waals surface area contributed by atoms with E-state index >= 15 is 0 Å². The maximum absolute atomic E-state index is 10.5. The molecule has 1 saturated carbocycles. The lowest BCUT2D eigenvalue weighted by atomic mass is 9.68. The highest BCUT2D eigenvalue weighted by Crippen LogP contribution is 2.47. The lowest BCUT2D eigenvalue weighted by molar-refractivity contribution is -0.0766. The maximum atomic E-state index is 10.5. The van der Waals surface area contributed by atoms with Crippen LogP contribution in [0, 0.1) is 5.41 Å². The van der Waals surface area contributed by atoms with Gasteiger partial charge in [-0.15, -0.1) is 0 Å². The zero-order valence-corrected chi connectivity index (χ0v) is 15.3. The van der Waals surface area contributed by atoms with E-state index in [9.17, 15) is 5.11 Å². The van der Waals surface area contributed by atoms with Crippen LogP contribution >= 0.6 is 0 Å². The summed E-state index contributed by atoms with van der Waals surface area (Å²) in [5.74, 6) is 0.935. The molecule has 0 unspecified atom stereocenters. The van der Waals surface area contributed by atoms with Gasteiger partial charge in [0, 0.05) is 25.9 Å². The van der Waals surface area contributed by atoms with Gasteiger partial charge in [-0.1, -0.05) is 0 Å². The number of rotatable bonds is 5. The lowest BCUT2D eigenvalue weighted by Crippen LogP contribution is -2.43. The fraction of sp³-hybridized carbons (Fsp3) is 0.700. The minimum absolute atomic E-state index is 0.207. The van der Waals surface area contributed by atoms with Crippen LogP contribution < -0.4 is 9.64 Å². The smallest absolute Gasteiger partial charge is 0.119 e. The number of benzene rings is 1. The Kier molecular flexibility index (Phi) is 5.07. The Morgan fingerprint density at radius 1 is 1.08 bits per heavy atom. The van der Waals surface area contributed by atoms with Gasteiger partial charge in [-0.25, -0.2) is 0 Å². The summed E-state index contributed by atoms with van der Waals surface area (Å²) in [6, 6.07) is 8.47. The standard InChI is InChI=1S/C20H31NO3/c1-16(2)24-18-6-4-17(5-7-18)21-13-12-19(14-21)8-10-20(22,11-9-19)15-23-3/h4-7,16,22H,8-15H2,1-3H3/t19-,20+. The third-order valence-electron chi connectivity index (χ3n) is 5.67. The zero-order valence-electron chi connectivity index (χ0n) is 15.3. The summed E-state index contributed by atoms with van der Waals surface area (Å²) in [6.45, 7) is 6.76. The summed E-state index contributed by atoms with van der Waals surface area (Å²) in [4.78, 5) is 2.49. The van der Waals surface area contributed by atoms with Crippen LogP contribution in [0.3, 0.4) is 0 Å². The molecule has 0 amide bonds. The van der Waals surface area contributed by atoms with Gasteiger partial charge >= 0.3 is 0 Å². The lowest BCUT2D eigenvalue weighted by Gasteiger charge is -2.41. The molecule has 2 aliphatic rings. The van der Waals surface area contributed by atoms with E-state index in [4.69, 9.17) is 9.47 Å². The van der Waals surface area contributed by atoms with E-state index in [2.05, 4.69) is 29.2 Å². The molecule has 1 aromatic rings. The Morgan fingerprint density at radius 3 is 2.33 bits per heavy atom. The first-order valence-corrected chi connectivity index (χ1v) is 9.17. The maximum Gasteiger partial charge on any atom is 0.119 e. The molecule has 2 fully saturated rings. The normalized spacial score (nSPS) is 30.3. The Hall–Kier alpha value is -1.26. The second-order valence-corrected chi connectivity index (χ2v) is 7.99. The predicted octanol–water partition coefficient (Wildman–Crippen LogP) is 3.62. The summed E-state index contributed by atoms with van der Waals surface area (Å²) in [5.41, 5.74) is 1.04. The SMILES string of the molecule is COC[C@]1(O)CC[C@]2(CCN(c3ccc(OC(C)C)cc3)C2)CC1. The van der Waals surface area contributed by atoms with Crippen LogP contribution in [0.25, 0.3) is 0 Å². The Labute approximate surface area is 145 Å². The molecule has 4 heteroatoms. The second kappa shape index (κ2) is 6.93. The van der Waals surface area contributed by atoms with Crippen molar-refractivity contribution in [3.63, 3.8) is 0 Å². The molecule has 4 nitrogen and oxygen atoms in total. The van der Waals surface area contributed by atoms with Crippen LogP contribution in [0.1, 0.15) is 46.0 Å². The number of hydrogen-bond acceptors (Lipinski definition) is 4. The van der Waals surface area contributed by atoms with Crippen LogP contribution in [0.4, 0.5) is 5.69 Å². The highest BCUT2D eigenvalue weighted by molar-refractivity contribution is 5.50. The van der Waals surface area contributed by atoms with Crippen molar-refractivity contribution in [1.82, 2.24) is 0 Å². The van der Waals surface area contributed by atoms with Crippen LogP contribution in [0.5, 0.6) is 5.75 Å².